The molecule has 2 nitrogen and oxygen atoms in total. The van der Waals surface area contributed by atoms with Gasteiger partial charge in [-0.15, -0.1) is 0 Å². The fourth-order valence-corrected chi connectivity index (χ4v) is 1.08. The van der Waals surface area contributed by atoms with Crippen LogP contribution in [0.2, 0.25) is 0 Å². The molecule has 0 amide bonds. The predicted octanol–water partition coefficient (Wildman–Crippen LogP) is 1.90. The number of carboxylic acid groups (broad SMARTS) is 1. The van der Waals surface area contributed by atoms with E-state index in [9.17, 15) is 26.7 Å². The van der Waals surface area contributed by atoms with Gasteiger partial charge < -0.3 is 5.11 Å². The van der Waals surface area contributed by atoms with Crippen LogP contribution in [0, 0.1) is 11.8 Å². The summed E-state index contributed by atoms with van der Waals surface area (Å²) in [6, 6.07) is 0. The summed E-state index contributed by atoms with van der Waals surface area (Å²) < 4.78 is 59.5. The van der Waals surface area contributed by atoms with Crippen LogP contribution in [0.25, 0.3) is 0 Å². The Labute approximate surface area is 69.3 Å². The molecule has 1 fully saturated rings. The predicted molar refractivity (Wildman–Crippen MR) is 30.2 cm³/mol. The monoisotopic (exact) mass is 204 g/mol. The van der Waals surface area contributed by atoms with Gasteiger partial charge >= 0.3 is 18.1 Å². The molecule has 1 aliphatic rings. The number of hydrogen-bond donors (Lipinski definition) is 1. The standard InChI is InChI=1S/C6H5F5O2/c7-5(8,6(9,10)11)3-1-2(3)4(12)13/h2-3H,1H2,(H,12,13)/t2-,3-/m1/s1. The highest BCUT2D eigenvalue weighted by Crippen LogP contribution is 2.55. The van der Waals surface area contributed by atoms with E-state index in [-0.39, 0.29) is 0 Å². The molecule has 0 aromatic heterocycles. The van der Waals surface area contributed by atoms with Crippen molar-refractivity contribution >= 4 is 5.97 Å². The van der Waals surface area contributed by atoms with E-state index < -0.39 is 36.3 Å². The lowest BCUT2D eigenvalue weighted by Gasteiger charge is -2.18. The van der Waals surface area contributed by atoms with Crippen LogP contribution in [-0.4, -0.2) is 23.2 Å². The first kappa shape index (κ1) is 10.2. The summed E-state index contributed by atoms with van der Waals surface area (Å²) in [6.45, 7) is 0. The first-order chi connectivity index (χ1) is 5.68. The van der Waals surface area contributed by atoms with Crippen LogP contribution in [0.15, 0.2) is 0 Å². The second-order valence-electron chi connectivity index (χ2n) is 2.91. The topological polar surface area (TPSA) is 37.3 Å². The molecule has 1 rings (SSSR count). The van der Waals surface area contributed by atoms with Gasteiger partial charge in [0.05, 0.1) is 5.92 Å². The Balaban J connectivity index is 2.70. The van der Waals surface area contributed by atoms with Crippen molar-refractivity contribution in [1.82, 2.24) is 0 Å². The van der Waals surface area contributed by atoms with E-state index in [2.05, 4.69) is 0 Å². The Morgan fingerprint density at radius 3 is 1.92 bits per heavy atom. The summed E-state index contributed by atoms with van der Waals surface area (Å²) in [5.41, 5.74) is 0. The third-order valence-corrected chi connectivity index (χ3v) is 1.95. The molecule has 7 heteroatoms. The van der Waals surface area contributed by atoms with Gasteiger partial charge in [0, 0.05) is 5.92 Å². The Morgan fingerprint density at radius 2 is 1.69 bits per heavy atom. The van der Waals surface area contributed by atoms with E-state index in [4.69, 9.17) is 5.11 Å². The molecular formula is C6H5F5O2. The minimum absolute atomic E-state index is 0.609. The molecule has 0 aromatic rings. The van der Waals surface area contributed by atoms with Crippen LogP contribution in [0.3, 0.4) is 0 Å². The van der Waals surface area contributed by atoms with E-state index in [0.29, 0.717) is 0 Å². The average molecular weight is 204 g/mol. The quantitative estimate of drug-likeness (QED) is 0.697. The molecule has 0 spiro atoms. The highest BCUT2D eigenvalue weighted by atomic mass is 19.4. The number of carbonyl (C=O) groups is 1. The summed E-state index contributed by atoms with van der Waals surface area (Å²) in [5, 5.41) is 8.15. The molecule has 0 aliphatic heterocycles. The summed E-state index contributed by atoms with van der Waals surface area (Å²) in [4.78, 5) is 10.0. The van der Waals surface area contributed by atoms with Crippen molar-refractivity contribution in [2.75, 3.05) is 0 Å². The Bertz CT molecular complexity index is 234. The van der Waals surface area contributed by atoms with Crippen molar-refractivity contribution in [2.45, 2.75) is 18.5 Å². The van der Waals surface area contributed by atoms with E-state index >= 15 is 0 Å². The van der Waals surface area contributed by atoms with Crippen molar-refractivity contribution in [3.63, 3.8) is 0 Å². The maximum atomic E-state index is 12.3. The highest BCUT2D eigenvalue weighted by Gasteiger charge is 2.70. The van der Waals surface area contributed by atoms with Crippen molar-refractivity contribution < 1.29 is 31.9 Å². The molecule has 1 N–H and O–H groups in total. The second kappa shape index (κ2) is 2.55. The molecule has 2 atom stereocenters. The summed E-state index contributed by atoms with van der Waals surface area (Å²) in [7, 11) is 0. The summed E-state index contributed by atoms with van der Waals surface area (Å²) in [6.07, 6.45) is -6.26. The molecule has 0 bridgehead atoms. The van der Waals surface area contributed by atoms with E-state index in [1.165, 1.54) is 0 Å². The van der Waals surface area contributed by atoms with Crippen LogP contribution >= 0.6 is 0 Å². The Hall–Kier alpha value is -0.880. The number of halogens is 5. The summed E-state index contributed by atoms with van der Waals surface area (Å²) in [5.74, 6) is -10.1. The lowest BCUT2D eigenvalue weighted by atomic mass is 10.1. The van der Waals surface area contributed by atoms with Gasteiger partial charge in [-0.3, -0.25) is 4.79 Å². The van der Waals surface area contributed by atoms with Crippen LogP contribution < -0.4 is 0 Å². The molecule has 1 saturated carbocycles. The second-order valence-corrected chi connectivity index (χ2v) is 2.91. The van der Waals surface area contributed by atoms with E-state index in [1.807, 2.05) is 0 Å². The number of hydrogen-bond acceptors (Lipinski definition) is 1. The van der Waals surface area contributed by atoms with Gasteiger partial charge in [-0.2, -0.15) is 22.0 Å². The fourth-order valence-electron chi connectivity index (χ4n) is 1.08. The fraction of sp³-hybridized carbons (Fsp3) is 0.833. The van der Waals surface area contributed by atoms with Crippen LogP contribution in [0.1, 0.15) is 6.42 Å². The maximum absolute atomic E-state index is 12.3. The normalized spacial score (nSPS) is 28.7. The summed E-state index contributed by atoms with van der Waals surface area (Å²) >= 11 is 0. The van der Waals surface area contributed by atoms with Crippen molar-refractivity contribution in [3.05, 3.63) is 0 Å². The first-order valence-corrected chi connectivity index (χ1v) is 3.35. The zero-order valence-electron chi connectivity index (χ0n) is 6.11. The molecule has 0 heterocycles. The SMILES string of the molecule is O=C(O)[C@@H]1C[C@H]1C(F)(F)C(F)(F)F. The number of alkyl halides is 5. The van der Waals surface area contributed by atoms with Crippen LogP contribution in [0.5, 0.6) is 0 Å². The van der Waals surface area contributed by atoms with E-state index in [0.717, 1.165) is 0 Å². The minimum Gasteiger partial charge on any atom is -0.481 e. The molecule has 13 heavy (non-hydrogen) atoms. The van der Waals surface area contributed by atoms with Crippen LogP contribution in [0.4, 0.5) is 22.0 Å². The Kier molecular flexibility index (Phi) is 2.00. The highest BCUT2D eigenvalue weighted by molar-refractivity contribution is 5.73. The van der Waals surface area contributed by atoms with Gasteiger partial charge in [-0.1, -0.05) is 0 Å². The zero-order chi connectivity index (χ0) is 10.4. The first-order valence-electron chi connectivity index (χ1n) is 3.35. The molecule has 0 unspecified atom stereocenters. The van der Waals surface area contributed by atoms with Crippen LogP contribution in [-0.2, 0) is 4.79 Å². The van der Waals surface area contributed by atoms with Crippen molar-refractivity contribution in [2.24, 2.45) is 11.8 Å². The largest absolute Gasteiger partial charge is 0.481 e. The minimum atomic E-state index is -5.65. The van der Waals surface area contributed by atoms with Crippen molar-refractivity contribution in [1.29, 1.82) is 0 Å². The Morgan fingerprint density at radius 1 is 1.23 bits per heavy atom. The third-order valence-electron chi connectivity index (χ3n) is 1.95. The number of aliphatic carboxylic acids is 1. The lowest BCUT2D eigenvalue weighted by molar-refractivity contribution is -0.292. The number of carboxylic acids is 1. The molecule has 76 valence electrons. The molecular weight excluding hydrogens is 199 g/mol. The average Bonchev–Trinajstić information content (AvgIpc) is 2.60. The molecule has 0 radical (unpaired) electrons. The zero-order valence-corrected chi connectivity index (χ0v) is 6.11. The van der Waals surface area contributed by atoms with Gasteiger partial charge in [0.15, 0.2) is 0 Å². The smallest absolute Gasteiger partial charge is 0.453 e. The molecule has 1 aliphatic carbocycles. The van der Waals surface area contributed by atoms with Gasteiger partial charge in [0.25, 0.3) is 0 Å². The van der Waals surface area contributed by atoms with Gasteiger partial charge in [0.1, 0.15) is 0 Å². The molecule has 0 aromatic carbocycles. The van der Waals surface area contributed by atoms with Gasteiger partial charge in [-0.25, -0.2) is 0 Å². The lowest BCUT2D eigenvalue weighted by Crippen LogP contribution is -2.39. The maximum Gasteiger partial charge on any atom is 0.453 e. The van der Waals surface area contributed by atoms with E-state index in [1.54, 1.807) is 0 Å². The van der Waals surface area contributed by atoms with Crippen molar-refractivity contribution in [3.8, 4) is 0 Å². The third kappa shape index (κ3) is 1.59. The van der Waals surface area contributed by atoms with Gasteiger partial charge in [0.2, 0.25) is 0 Å². The number of rotatable bonds is 2. The van der Waals surface area contributed by atoms with Gasteiger partial charge in [-0.05, 0) is 6.42 Å². The molecule has 0 saturated heterocycles.